The Bertz CT molecular complexity index is 882. The van der Waals surface area contributed by atoms with Gasteiger partial charge in [-0.2, -0.15) is 0 Å². The van der Waals surface area contributed by atoms with E-state index < -0.39 is 41.3 Å². The van der Waals surface area contributed by atoms with Crippen LogP contribution in [0.3, 0.4) is 0 Å². The summed E-state index contributed by atoms with van der Waals surface area (Å²) in [5.74, 6) is -0.0421. The number of rotatable bonds is 15. The molecule has 10 heteroatoms. The predicted molar refractivity (Wildman–Crippen MR) is 141 cm³/mol. The molecule has 0 saturated heterocycles. The third kappa shape index (κ3) is 8.11. The van der Waals surface area contributed by atoms with Crippen molar-refractivity contribution in [2.24, 2.45) is 23.2 Å². The van der Waals surface area contributed by atoms with Gasteiger partial charge in [0.15, 0.2) is 5.78 Å². The summed E-state index contributed by atoms with van der Waals surface area (Å²) in [5.41, 5.74) is -0.421. The molecule has 0 aromatic carbocycles. The molecular weight excluding hydrogens is 488 g/mol. The number of nitrogens with one attached hydrogen (secondary N) is 4. The second-order valence-corrected chi connectivity index (χ2v) is 11.9. The summed E-state index contributed by atoms with van der Waals surface area (Å²) in [6.45, 7) is 5.31. The minimum atomic E-state index is -1.06. The number of carbonyl (C=O) groups excluding carboxylic acids is 5. The largest absolute Gasteiger partial charge is 0.461 e. The highest BCUT2D eigenvalue weighted by atomic mass is 16.5. The smallest absolute Gasteiger partial charge is 0.328 e. The van der Waals surface area contributed by atoms with Gasteiger partial charge in [0.25, 0.3) is 0 Å². The van der Waals surface area contributed by atoms with Gasteiger partial charge < -0.3 is 26.1 Å². The van der Waals surface area contributed by atoms with E-state index in [9.17, 15) is 24.0 Å². The summed E-state index contributed by atoms with van der Waals surface area (Å²) in [6, 6.07) is -1.91. The topological polar surface area (TPSA) is 155 Å². The van der Waals surface area contributed by atoms with Gasteiger partial charge in [0, 0.05) is 25.3 Å². The molecule has 2 atom stereocenters. The lowest BCUT2D eigenvalue weighted by Gasteiger charge is -2.55. The number of ether oxygens (including phenoxy) is 1. The maximum atomic E-state index is 13.7. The van der Waals surface area contributed by atoms with Crippen molar-refractivity contribution in [3.05, 3.63) is 0 Å². The van der Waals surface area contributed by atoms with Gasteiger partial charge in [-0.15, -0.1) is 0 Å². The van der Waals surface area contributed by atoms with Crippen molar-refractivity contribution in [3.63, 3.8) is 0 Å². The van der Waals surface area contributed by atoms with Crippen LogP contribution in [0, 0.1) is 28.6 Å². The van der Waals surface area contributed by atoms with E-state index in [1.165, 1.54) is 26.2 Å². The van der Waals surface area contributed by atoms with Crippen molar-refractivity contribution in [2.75, 3.05) is 6.54 Å². The zero-order chi connectivity index (χ0) is 27.9. The zero-order valence-corrected chi connectivity index (χ0v) is 23.0. The van der Waals surface area contributed by atoms with Gasteiger partial charge in [0.05, 0.1) is 12.3 Å². The van der Waals surface area contributed by atoms with Gasteiger partial charge in [-0.3, -0.25) is 19.2 Å². The van der Waals surface area contributed by atoms with Crippen molar-refractivity contribution < 1.29 is 28.7 Å². The molecule has 4 aliphatic carbocycles. The predicted octanol–water partition coefficient (Wildman–Crippen LogP) is 2.43. The first-order valence-electron chi connectivity index (χ1n) is 14.1. The highest BCUT2D eigenvalue weighted by Crippen LogP contribution is 2.60. The average molecular weight is 533 g/mol. The summed E-state index contributed by atoms with van der Waals surface area (Å²) in [4.78, 5) is 62.7. The summed E-state index contributed by atoms with van der Waals surface area (Å²) < 4.78 is 5.29. The number of amides is 3. The monoisotopic (exact) mass is 532 g/mol. The fraction of sp³-hybridized carbons (Fsp3) is 0.786. The Kier molecular flexibility index (Phi) is 10.4. The third-order valence-electron chi connectivity index (χ3n) is 8.23. The molecule has 0 heterocycles. The summed E-state index contributed by atoms with van der Waals surface area (Å²) in [6.07, 6.45) is 8.02. The Hall–Kier alpha value is -2.78. The minimum absolute atomic E-state index is 0.00365. The van der Waals surface area contributed by atoms with Gasteiger partial charge in [-0.25, -0.2) is 4.79 Å². The Morgan fingerprint density at radius 1 is 0.921 bits per heavy atom. The van der Waals surface area contributed by atoms with E-state index in [1.54, 1.807) is 13.8 Å². The van der Waals surface area contributed by atoms with Crippen molar-refractivity contribution in [1.29, 1.82) is 5.41 Å². The molecule has 4 rings (SSSR count). The van der Waals surface area contributed by atoms with E-state index >= 15 is 0 Å². The lowest BCUT2D eigenvalue weighted by atomic mass is 9.49. The number of Topliss-reactive ketones (excluding diaryl/α,β-unsaturated/α-hetero) is 1. The highest BCUT2D eigenvalue weighted by Gasteiger charge is 2.55. The van der Waals surface area contributed by atoms with E-state index in [-0.39, 0.29) is 24.7 Å². The quantitative estimate of drug-likeness (QED) is 0.144. The van der Waals surface area contributed by atoms with Crippen molar-refractivity contribution in [2.45, 2.75) is 110 Å². The van der Waals surface area contributed by atoms with E-state index in [0.717, 1.165) is 19.3 Å². The SMILES string of the molecule is CC(=O)NCCCC[C@H](NC(=O)C12CC3CC(CC(C3)C1)C2)C(=O)N[C@@H](CCC(=O)C=N)C(=O)OC(C)C. The van der Waals surface area contributed by atoms with Crippen LogP contribution in [0.1, 0.15) is 91.4 Å². The first-order valence-corrected chi connectivity index (χ1v) is 14.1. The van der Waals surface area contributed by atoms with Gasteiger partial charge >= 0.3 is 5.97 Å². The van der Waals surface area contributed by atoms with E-state index in [0.29, 0.717) is 49.8 Å². The number of esters is 1. The summed E-state index contributed by atoms with van der Waals surface area (Å²) >= 11 is 0. The lowest BCUT2D eigenvalue weighted by Crippen LogP contribution is -2.58. The van der Waals surface area contributed by atoms with Crippen LogP contribution in [0.25, 0.3) is 0 Å². The second kappa shape index (κ2) is 13.3. The van der Waals surface area contributed by atoms with Crippen LogP contribution in [-0.4, -0.2) is 60.4 Å². The van der Waals surface area contributed by atoms with Gasteiger partial charge in [-0.05, 0) is 95.8 Å². The molecule has 38 heavy (non-hydrogen) atoms. The number of carbonyl (C=O) groups is 5. The average Bonchev–Trinajstić information content (AvgIpc) is 2.83. The normalized spacial score (nSPS) is 26.8. The van der Waals surface area contributed by atoms with Crippen LogP contribution >= 0.6 is 0 Å². The number of unbranched alkanes of at least 4 members (excludes halogenated alkanes) is 1. The van der Waals surface area contributed by atoms with Gasteiger partial charge in [0.1, 0.15) is 12.1 Å². The standard InChI is InChI=1S/C28H44N4O6/c1-17(2)38-26(36)24(8-7-22(34)16-29)31-25(35)23(6-4-5-9-30-18(3)33)32-27(37)28-13-19-10-20(14-28)12-21(11-19)15-28/h16-17,19-21,23-24,29H,4-15H2,1-3H3,(H,30,33)(H,31,35)(H,32,37)/t19?,20?,21?,23-,24-,28?/m0/s1. The first-order chi connectivity index (χ1) is 18.0. The lowest BCUT2D eigenvalue weighted by molar-refractivity contribution is -0.152. The van der Waals surface area contributed by atoms with Crippen LogP contribution in [-0.2, 0) is 28.7 Å². The molecule has 0 unspecified atom stereocenters. The minimum Gasteiger partial charge on any atom is -0.461 e. The van der Waals surface area contributed by atoms with E-state index in [4.69, 9.17) is 10.1 Å². The summed E-state index contributed by atoms with van der Waals surface area (Å²) in [7, 11) is 0. The van der Waals surface area contributed by atoms with E-state index in [1.807, 2.05) is 0 Å². The number of hydrogen-bond donors (Lipinski definition) is 4. The molecule has 0 aromatic rings. The van der Waals surface area contributed by atoms with Gasteiger partial charge in [0.2, 0.25) is 17.7 Å². The third-order valence-corrected chi connectivity index (χ3v) is 8.23. The first kappa shape index (κ1) is 29.8. The molecule has 0 spiro atoms. The highest BCUT2D eigenvalue weighted by molar-refractivity contribution is 6.26. The van der Waals surface area contributed by atoms with Crippen LogP contribution in [0.15, 0.2) is 0 Å². The molecule has 4 bridgehead atoms. The maximum absolute atomic E-state index is 13.7. The van der Waals surface area contributed by atoms with Crippen LogP contribution < -0.4 is 16.0 Å². The van der Waals surface area contributed by atoms with E-state index in [2.05, 4.69) is 16.0 Å². The molecule has 0 aliphatic heterocycles. The van der Waals surface area contributed by atoms with Crippen LogP contribution in [0.2, 0.25) is 0 Å². The number of hydrogen-bond acceptors (Lipinski definition) is 7. The fourth-order valence-corrected chi connectivity index (χ4v) is 6.90. The summed E-state index contributed by atoms with van der Waals surface area (Å²) in [5, 5.41) is 15.6. The Morgan fingerprint density at radius 2 is 1.53 bits per heavy atom. The molecular formula is C28H44N4O6. The molecule has 4 fully saturated rings. The fourth-order valence-electron chi connectivity index (χ4n) is 6.90. The molecule has 3 amide bonds. The Morgan fingerprint density at radius 3 is 2.05 bits per heavy atom. The maximum Gasteiger partial charge on any atom is 0.328 e. The van der Waals surface area contributed by atoms with Crippen molar-refractivity contribution >= 4 is 35.7 Å². The zero-order valence-electron chi connectivity index (χ0n) is 23.0. The second-order valence-electron chi connectivity index (χ2n) is 11.9. The van der Waals surface area contributed by atoms with Crippen LogP contribution in [0.5, 0.6) is 0 Å². The molecule has 4 saturated carbocycles. The van der Waals surface area contributed by atoms with Crippen LogP contribution in [0.4, 0.5) is 0 Å². The Labute approximate surface area is 225 Å². The van der Waals surface area contributed by atoms with Gasteiger partial charge in [-0.1, -0.05) is 0 Å². The number of ketones is 1. The molecule has 4 aliphatic rings. The molecule has 4 N–H and O–H groups in total. The molecule has 10 nitrogen and oxygen atoms in total. The molecule has 0 aromatic heterocycles. The molecule has 0 radical (unpaired) electrons. The van der Waals surface area contributed by atoms with Crippen molar-refractivity contribution in [1.82, 2.24) is 16.0 Å². The van der Waals surface area contributed by atoms with Crippen molar-refractivity contribution in [3.8, 4) is 0 Å². The molecule has 212 valence electrons. The Balaban J connectivity index is 1.70.